The van der Waals surface area contributed by atoms with Gasteiger partial charge in [-0.1, -0.05) is 24.1 Å². The van der Waals surface area contributed by atoms with Gasteiger partial charge >= 0.3 is 0 Å². The van der Waals surface area contributed by atoms with Crippen LogP contribution in [0.15, 0.2) is 33.7 Å². The Labute approximate surface area is 176 Å². The fourth-order valence-electron chi connectivity index (χ4n) is 4.17. The second-order valence-corrected chi connectivity index (χ2v) is 8.81. The molecule has 1 aliphatic heterocycles. The number of amides is 1. The van der Waals surface area contributed by atoms with Gasteiger partial charge in [0.1, 0.15) is 0 Å². The van der Waals surface area contributed by atoms with E-state index in [9.17, 15) is 14.8 Å². The van der Waals surface area contributed by atoms with E-state index in [2.05, 4.69) is 12.2 Å². The molecule has 1 fully saturated rings. The standard InChI is InChI=1S/C23H30N2O3S/c1-5-18(17-6-8-25(28)9-7-17)22-16(4)20(13-29-22)23(27)24-12-19-15(3)10-14(2)11-21(19)26/h10,13,28H,5-9,11-12H2,1-4H3,(H,24,27). The summed E-state index contributed by atoms with van der Waals surface area (Å²) in [7, 11) is 0. The zero-order valence-electron chi connectivity index (χ0n) is 17.7. The van der Waals surface area contributed by atoms with E-state index < -0.39 is 0 Å². The Morgan fingerprint density at radius 2 is 1.93 bits per heavy atom. The highest BCUT2D eigenvalue weighted by molar-refractivity contribution is 7.11. The van der Waals surface area contributed by atoms with E-state index in [-0.39, 0.29) is 18.2 Å². The molecule has 2 N–H and O–H groups in total. The summed E-state index contributed by atoms with van der Waals surface area (Å²) < 4.78 is 0. The van der Waals surface area contributed by atoms with E-state index in [0.717, 1.165) is 36.0 Å². The minimum atomic E-state index is -0.130. The third kappa shape index (κ3) is 4.77. The van der Waals surface area contributed by atoms with Gasteiger partial charge in [0.15, 0.2) is 5.78 Å². The lowest BCUT2D eigenvalue weighted by atomic mass is 9.92. The van der Waals surface area contributed by atoms with Crippen molar-refractivity contribution in [3.63, 3.8) is 0 Å². The number of carbonyl (C=O) groups is 2. The molecule has 1 amide bonds. The maximum atomic E-state index is 12.8. The van der Waals surface area contributed by atoms with Gasteiger partial charge in [-0.05, 0) is 56.7 Å². The Balaban J connectivity index is 1.77. The number of allylic oxidation sites excluding steroid dienone is 4. The highest BCUT2D eigenvalue weighted by atomic mass is 32.1. The van der Waals surface area contributed by atoms with E-state index in [1.54, 1.807) is 11.3 Å². The number of thiophene rings is 1. The SMILES string of the molecule is CCC(=C1CCN(O)CC1)c1scc(C(=O)NCC2=C(C)C=C(C)CC2=O)c1C. The smallest absolute Gasteiger partial charge is 0.252 e. The normalized spacial score (nSPS) is 18.2. The molecule has 6 heteroatoms. The van der Waals surface area contributed by atoms with E-state index in [0.29, 0.717) is 30.6 Å². The van der Waals surface area contributed by atoms with Crippen LogP contribution in [0.3, 0.4) is 0 Å². The molecule has 2 aliphatic rings. The van der Waals surface area contributed by atoms with Crippen molar-refractivity contribution in [2.24, 2.45) is 0 Å². The number of carbonyl (C=O) groups excluding carboxylic acids is 2. The average Bonchev–Trinajstić information content (AvgIpc) is 3.04. The number of ketones is 1. The Morgan fingerprint density at radius 1 is 1.24 bits per heavy atom. The van der Waals surface area contributed by atoms with Crippen LogP contribution in [0.25, 0.3) is 5.57 Å². The van der Waals surface area contributed by atoms with Gasteiger partial charge < -0.3 is 10.5 Å². The van der Waals surface area contributed by atoms with Crippen LogP contribution in [-0.4, -0.2) is 41.6 Å². The average molecular weight is 415 g/mol. The Bertz CT molecular complexity index is 911. The van der Waals surface area contributed by atoms with E-state index in [1.807, 2.05) is 32.2 Å². The minimum Gasteiger partial charge on any atom is -0.348 e. The minimum absolute atomic E-state index is 0.0961. The number of nitrogens with one attached hydrogen (secondary N) is 1. The molecule has 0 saturated carbocycles. The fraction of sp³-hybridized carbons (Fsp3) is 0.478. The Kier molecular flexibility index (Phi) is 6.88. The van der Waals surface area contributed by atoms with Crippen molar-refractivity contribution in [3.05, 3.63) is 49.8 Å². The highest BCUT2D eigenvalue weighted by Gasteiger charge is 2.22. The van der Waals surface area contributed by atoms with Gasteiger partial charge in [0.2, 0.25) is 0 Å². The lowest BCUT2D eigenvalue weighted by Crippen LogP contribution is -2.29. The highest BCUT2D eigenvalue weighted by Crippen LogP contribution is 2.35. The molecular weight excluding hydrogens is 384 g/mol. The summed E-state index contributed by atoms with van der Waals surface area (Å²) in [4.78, 5) is 26.3. The third-order valence-corrected chi connectivity index (χ3v) is 6.96. The molecule has 0 atom stereocenters. The first-order chi connectivity index (χ1) is 13.8. The van der Waals surface area contributed by atoms with Gasteiger partial charge in [0.25, 0.3) is 5.91 Å². The molecule has 1 aromatic heterocycles. The van der Waals surface area contributed by atoms with Crippen LogP contribution >= 0.6 is 11.3 Å². The fourth-order valence-corrected chi connectivity index (χ4v) is 5.40. The third-order valence-electron chi connectivity index (χ3n) is 5.82. The van der Waals surface area contributed by atoms with Crippen LogP contribution in [0.5, 0.6) is 0 Å². The van der Waals surface area contributed by atoms with Gasteiger partial charge in [-0.2, -0.15) is 5.06 Å². The zero-order chi connectivity index (χ0) is 21.1. The summed E-state index contributed by atoms with van der Waals surface area (Å²) >= 11 is 1.61. The number of hydrogen-bond acceptors (Lipinski definition) is 5. The molecule has 0 unspecified atom stereocenters. The molecule has 1 aromatic rings. The van der Waals surface area contributed by atoms with Crippen LogP contribution in [-0.2, 0) is 4.79 Å². The van der Waals surface area contributed by atoms with Gasteiger partial charge in [-0.15, -0.1) is 11.3 Å². The first-order valence-electron chi connectivity index (χ1n) is 10.2. The zero-order valence-corrected chi connectivity index (χ0v) is 18.5. The van der Waals surface area contributed by atoms with Gasteiger partial charge in [0, 0.05) is 41.9 Å². The second kappa shape index (κ2) is 9.20. The summed E-state index contributed by atoms with van der Waals surface area (Å²) in [5.74, 6) is -0.0336. The summed E-state index contributed by atoms with van der Waals surface area (Å²) in [5, 5.41) is 15.9. The molecule has 5 nitrogen and oxygen atoms in total. The van der Waals surface area contributed by atoms with E-state index in [1.165, 1.54) is 21.1 Å². The number of hydroxylamine groups is 2. The lowest BCUT2D eigenvalue weighted by Gasteiger charge is -2.24. The molecule has 1 aliphatic carbocycles. The summed E-state index contributed by atoms with van der Waals surface area (Å²) in [5.41, 5.74) is 7.07. The summed E-state index contributed by atoms with van der Waals surface area (Å²) in [6.07, 6.45) is 5.09. The molecule has 1 saturated heterocycles. The first kappa shape index (κ1) is 21.7. The summed E-state index contributed by atoms with van der Waals surface area (Å²) in [6.45, 7) is 9.61. The van der Waals surface area contributed by atoms with Crippen molar-refractivity contribution < 1.29 is 14.8 Å². The topological polar surface area (TPSA) is 69.6 Å². The molecule has 0 radical (unpaired) electrons. The molecule has 0 aromatic carbocycles. The molecule has 0 spiro atoms. The monoisotopic (exact) mass is 414 g/mol. The molecule has 3 rings (SSSR count). The maximum absolute atomic E-state index is 12.8. The van der Waals surface area contributed by atoms with Crippen molar-refractivity contribution in [3.8, 4) is 0 Å². The van der Waals surface area contributed by atoms with Gasteiger partial charge in [-0.25, -0.2) is 0 Å². The van der Waals surface area contributed by atoms with Crippen molar-refractivity contribution in [1.29, 1.82) is 0 Å². The first-order valence-corrected chi connectivity index (χ1v) is 11.1. The van der Waals surface area contributed by atoms with Gasteiger partial charge in [0.05, 0.1) is 5.56 Å². The molecule has 2 heterocycles. The van der Waals surface area contributed by atoms with Gasteiger partial charge in [-0.3, -0.25) is 9.59 Å². The van der Waals surface area contributed by atoms with Crippen LogP contribution in [0, 0.1) is 6.92 Å². The van der Waals surface area contributed by atoms with Crippen LogP contribution in [0.4, 0.5) is 0 Å². The summed E-state index contributed by atoms with van der Waals surface area (Å²) in [6, 6.07) is 0. The van der Waals surface area contributed by atoms with Crippen LogP contribution in [0.1, 0.15) is 67.3 Å². The number of nitrogens with zero attached hydrogens (tertiary/aromatic N) is 1. The molecule has 156 valence electrons. The lowest BCUT2D eigenvalue weighted by molar-refractivity contribution is -0.115. The number of piperidine rings is 1. The maximum Gasteiger partial charge on any atom is 0.252 e. The van der Waals surface area contributed by atoms with Crippen molar-refractivity contribution in [2.75, 3.05) is 19.6 Å². The number of Topliss-reactive ketones (excluding diaryl/α,β-unsaturated/α-hetero) is 1. The Hall–Kier alpha value is -2.02. The second-order valence-electron chi connectivity index (χ2n) is 7.93. The van der Waals surface area contributed by atoms with Crippen molar-refractivity contribution >= 4 is 28.6 Å². The van der Waals surface area contributed by atoms with Crippen LogP contribution in [0.2, 0.25) is 0 Å². The molecule has 0 bridgehead atoms. The Morgan fingerprint density at radius 3 is 2.55 bits per heavy atom. The predicted molar refractivity (Wildman–Crippen MR) is 117 cm³/mol. The van der Waals surface area contributed by atoms with E-state index >= 15 is 0 Å². The predicted octanol–water partition coefficient (Wildman–Crippen LogP) is 4.67. The number of hydrogen-bond donors (Lipinski definition) is 2. The quantitative estimate of drug-likeness (QED) is 0.735. The largest absolute Gasteiger partial charge is 0.348 e. The van der Waals surface area contributed by atoms with E-state index in [4.69, 9.17) is 0 Å². The van der Waals surface area contributed by atoms with Crippen molar-refractivity contribution in [2.45, 2.75) is 53.4 Å². The van der Waals surface area contributed by atoms with Crippen molar-refractivity contribution in [1.82, 2.24) is 10.4 Å². The molecular formula is C23H30N2O3S. The number of rotatable bonds is 5. The van der Waals surface area contributed by atoms with Crippen LogP contribution < -0.4 is 5.32 Å². The molecule has 29 heavy (non-hydrogen) atoms.